The van der Waals surface area contributed by atoms with Gasteiger partial charge in [0.25, 0.3) is 0 Å². The molecule has 8 aromatic carbocycles. The van der Waals surface area contributed by atoms with E-state index >= 15 is 0 Å². The fourth-order valence-electron chi connectivity index (χ4n) is 9.08. The predicted molar refractivity (Wildman–Crippen MR) is 236 cm³/mol. The van der Waals surface area contributed by atoms with Crippen molar-refractivity contribution in [1.29, 1.82) is 0 Å². The van der Waals surface area contributed by atoms with E-state index in [0.717, 1.165) is 66.3 Å². The molecule has 0 saturated heterocycles. The van der Waals surface area contributed by atoms with Crippen molar-refractivity contribution in [3.05, 3.63) is 176 Å². The van der Waals surface area contributed by atoms with Gasteiger partial charge in [-0.15, -0.1) is 0 Å². The highest BCUT2D eigenvalue weighted by atomic mass is 32.2. The van der Waals surface area contributed by atoms with Crippen molar-refractivity contribution in [3.63, 3.8) is 0 Å². The van der Waals surface area contributed by atoms with Crippen molar-refractivity contribution < 1.29 is 4.42 Å². The Bertz CT molecular complexity index is 3670. The first-order valence-corrected chi connectivity index (χ1v) is 20.2. The lowest BCUT2D eigenvalue weighted by Gasteiger charge is -2.21. The van der Waals surface area contributed by atoms with E-state index in [1.54, 1.807) is 0 Å². The Balaban J connectivity index is 1.12. The van der Waals surface area contributed by atoms with Crippen molar-refractivity contribution in [1.82, 2.24) is 24.1 Å². The lowest BCUT2D eigenvalue weighted by atomic mass is 10.0. The van der Waals surface area contributed by atoms with E-state index in [-0.39, 0.29) is 0 Å². The summed E-state index contributed by atoms with van der Waals surface area (Å²) in [6.07, 6.45) is 0. The second-order valence-electron chi connectivity index (χ2n) is 14.8. The van der Waals surface area contributed by atoms with Crippen molar-refractivity contribution in [2.45, 2.75) is 9.79 Å². The molecule has 0 spiro atoms. The standard InChI is InChI=1S/C51H29N5OS/c1-2-15-32(16-3-1)55-40-29-31(27-28-35(40)46-37-20-12-26-44-47(37)56(51(46)55)39-22-7-9-25-43(39)58-44)48-52-49(34-19-10-14-30-13-4-5-17-33(30)34)54-50(53-48)38-21-11-24-42-45(38)36-18-6-8-23-41(36)57-42/h1-29H. The number of hydrogen-bond donors (Lipinski definition) is 0. The smallest absolute Gasteiger partial charge is 0.164 e. The molecule has 270 valence electrons. The molecule has 0 N–H and O–H groups in total. The first-order valence-electron chi connectivity index (χ1n) is 19.4. The van der Waals surface area contributed by atoms with Gasteiger partial charge in [0.2, 0.25) is 0 Å². The summed E-state index contributed by atoms with van der Waals surface area (Å²) in [6.45, 7) is 0. The molecule has 0 aliphatic carbocycles. The van der Waals surface area contributed by atoms with Gasteiger partial charge in [-0.1, -0.05) is 139 Å². The van der Waals surface area contributed by atoms with E-state index in [2.05, 4.69) is 155 Å². The van der Waals surface area contributed by atoms with Gasteiger partial charge in [0.15, 0.2) is 17.5 Å². The van der Waals surface area contributed by atoms with Crippen LogP contribution in [0.2, 0.25) is 0 Å². The van der Waals surface area contributed by atoms with Crippen LogP contribution in [-0.2, 0) is 0 Å². The highest BCUT2D eigenvalue weighted by Crippen LogP contribution is 2.50. The third-order valence-corrected chi connectivity index (χ3v) is 12.7. The van der Waals surface area contributed by atoms with Crippen LogP contribution in [0.5, 0.6) is 0 Å². The quantitative estimate of drug-likeness (QED) is 0.179. The van der Waals surface area contributed by atoms with Gasteiger partial charge in [0.1, 0.15) is 16.8 Å². The fourth-order valence-corrected chi connectivity index (χ4v) is 10.2. The molecule has 6 nitrogen and oxygen atoms in total. The molecule has 12 aromatic rings. The molecular formula is C51H29N5OS. The minimum absolute atomic E-state index is 0.593. The topological polar surface area (TPSA) is 61.7 Å². The predicted octanol–water partition coefficient (Wildman–Crippen LogP) is 13.4. The minimum atomic E-state index is 0.593. The Hall–Kier alpha value is -7.48. The van der Waals surface area contributed by atoms with Crippen LogP contribution in [-0.4, -0.2) is 24.1 Å². The third kappa shape index (κ3) is 4.47. The molecule has 5 heterocycles. The second-order valence-corrected chi connectivity index (χ2v) is 15.9. The van der Waals surface area contributed by atoms with Crippen LogP contribution in [0, 0.1) is 0 Å². The van der Waals surface area contributed by atoms with Crippen molar-refractivity contribution in [2.24, 2.45) is 0 Å². The minimum Gasteiger partial charge on any atom is -0.456 e. The molecule has 0 saturated carbocycles. The van der Waals surface area contributed by atoms with Gasteiger partial charge in [-0.05, 0) is 59.3 Å². The van der Waals surface area contributed by atoms with E-state index in [4.69, 9.17) is 19.4 Å². The number of fused-ring (bicyclic) bond motifs is 11. The van der Waals surface area contributed by atoms with E-state index in [1.165, 1.54) is 37.2 Å². The molecule has 13 rings (SSSR count). The lowest BCUT2D eigenvalue weighted by Crippen LogP contribution is -2.05. The number of hydrogen-bond acceptors (Lipinski definition) is 5. The van der Waals surface area contributed by atoms with Crippen LogP contribution in [0.1, 0.15) is 0 Å². The summed E-state index contributed by atoms with van der Waals surface area (Å²) in [5.74, 6) is 1.81. The van der Waals surface area contributed by atoms with E-state index in [1.807, 2.05) is 42.1 Å². The third-order valence-electron chi connectivity index (χ3n) is 11.6. The zero-order valence-electron chi connectivity index (χ0n) is 30.8. The molecular weight excluding hydrogens is 731 g/mol. The zero-order chi connectivity index (χ0) is 37.9. The highest BCUT2D eigenvalue weighted by molar-refractivity contribution is 7.99. The Morgan fingerprint density at radius 2 is 1.12 bits per heavy atom. The Morgan fingerprint density at radius 1 is 0.448 bits per heavy atom. The summed E-state index contributed by atoms with van der Waals surface area (Å²) in [7, 11) is 0. The zero-order valence-corrected chi connectivity index (χ0v) is 31.6. The number of rotatable bonds is 4. The first-order chi connectivity index (χ1) is 28.8. The van der Waals surface area contributed by atoms with Gasteiger partial charge >= 0.3 is 0 Å². The van der Waals surface area contributed by atoms with Crippen LogP contribution in [0.3, 0.4) is 0 Å². The first kappa shape index (κ1) is 31.7. The summed E-state index contributed by atoms with van der Waals surface area (Å²) in [6, 6.07) is 61.8. The molecule has 0 fully saturated rings. The molecule has 1 aliphatic rings. The van der Waals surface area contributed by atoms with Crippen molar-refractivity contribution in [2.75, 3.05) is 0 Å². The molecule has 1 aliphatic heterocycles. The number of aromatic nitrogens is 5. The van der Waals surface area contributed by atoms with Crippen LogP contribution in [0.25, 0.3) is 111 Å². The molecule has 7 heteroatoms. The normalized spacial score (nSPS) is 12.4. The molecule has 0 bridgehead atoms. The van der Waals surface area contributed by atoms with Crippen LogP contribution >= 0.6 is 11.8 Å². The Kier molecular flexibility index (Phi) is 6.56. The van der Waals surface area contributed by atoms with Crippen molar-refractivity contribution in [3.8, 4) is 45.5 Å². The molecule has 0 atom stereocenters. The van der Waals surface area contributed by atoms with Gasteiger partial charge in [-0.2, -0.15) is 0 Å². The largest absolute Gasteiger partial charge is 0.456 e. The summed E-state index contributed by atoms with van der Waals surface area (Å²) in [5.41, 5.74) is 10.1. The van der Waals surface area contributed by atoms with Crippen LogP contribution in [0.4, 0.5) is 0 Å². The average Bonchev–Trinajstić information content (AvgIpc) is 3.95. The highest BCUT2D eigenvalue weighted by Gasteiger charge is 2.28. The van der Waals surface area contributed by atoms with Gasteiger partial charge in [-0.3, -0.25) is 9.13 Å². The Labute approximate surface area is 335 Å². The second kappa shape index (κ2) is 12.0. The molecule has 0 unspecified atom stereocenters. The lowest BCUT2D eigenvalue weighted by molar-refractivity contribution is 0.669. The SMILES string of the molecule is c1ccc(-n2c3cc(-c4nc(-c5cccc6ccccc56)nc(-c5cccc6oc7ccccc7c56)n4)ccc3c3c4cccc5c4n(c32)-c2ccccc2S5)cc1. The van der Waals surface area contributed by atoms with Crippen LogP contribution in [0.15, 0.2) is 190 Å². The number of furan rings is 1. The number of para-hydroxylation sites is 4. The Morgan fingerprint density at radius 3 is 2.05 bits per heavy atom. The van der Waals surface area contributed by atoms with Gasteiger partial charge in [-0.25, -0.2) is 15.0 Å². The maximum absolute atomic E-state index is 6.33. The maximum atomic E-state index is 6.33. The summed E-state index contributed by atoms with van der Waals surface area (Å²) in [5, 5.41) is 7.87. The molecule has 0 radical (unpaired) electrons. The summed E-state index contributed by atoms with van der Waals surface area (Å²) >= 11 is 1.84. The summed E-state index contributed by atoms with van der Waals surface area (Å²) < 4.78 is 11.2. The van der Waals surface area contributed by atoms with Gasteiger partial charge < -0.3 is 4.42 Å². The van der Waals surface area contributed by atoms with Gasteiger partial charge in [0, 0.05) is 59.1 Å². The van der Waals surface area contributed by atoms with Crippen LogP contribution < -0.4 is 0 Å². The molecule has 4 aromatic heterocycles. The van der Waals surface area contributed by atoms with E-state index in [9.17, 15) is 0 Å². The van der Waals surface area contributed by atoms with Gasteiger partial charge in [0.05, 0.1) is 16.7 Å². The monoisotopic (exact) mass is 759 g/mol. The average molecular weight is 760 g/mol. The fraction of sp³-hybridized carbons (Fsp3) is 0. The number of benzene rings is 8. The molecule has 0 amide bonds. The molecule has 58 heavy (non-hydrogen) atoms. The van der Waals surface area contributed by atoms with E-state index < -0.39 is 0 Å². The number of nitrogens with zero attached hydrogens (tertiary/aromatic N) is 5. The maximum Gasteiger partial charge on any atom is 0.164 e. The van der Waals surface area contributed by atoms with E-state index in [0.29, 0.717) is 17.5 Å². The summed E-state index contributed by atoms with van der Waals surface area (Å²) in [4.78, 5) is 18.4. The van der Waals surface area contributed by atoms with Crippen molar-refractivity contribution >= 4 is 77.3 Å².